The molecule has 1 aromatic carbocycles. The molecule has 1 aliphatic rings. The minimum Gasteiger partial charge on any atom is -0.339 e. The van der Waals surface area contributed by atoms with Gasteiger partial charge in [-0.05, 0) is 30.9 Å². The van der Waals surface area contributed by atoms with E-state index in [2.05, 4.69) is 0 Å². The zero-order chi connectivity index (χ0) is 14.4. The third kappa shape index (κ3) is 3.96. The van der Waals surface area contributed by atoms with Crippen molar-refractivity contribution >= 4 is 11.5 Å². The average molecular weight is 271 g/mol. The van der Waals surface area contributed by atoms with Crippen LogP contribution >= 0.6 is 0 Å². The van der Waals surface area contributed by atoms with Crippen molar-refractivity contribution in [2.45, 2.75) is 51.5 Å². The van der Waals surface area contributed by atoms with Gasteiger partial charge in [-0.2, -0.15) is 0 Å². The first-order chi connectivity index (χ1) is 9.68. The smallest absolute Gasteiger partial charge is 0.246 e. The van der Waals surface area contributed by atoms with Crippen LogP contribution in [0.1, 0.15) is 51.0 Å². The van der Waals surface area contributed by atoms with Crippen molar-refractivity contribution in [3.63, 3.8) is 0 Å². The fourth-order valence-electron chi connectivity index (χ4n) is 2.90. The van der Waals surface area contributed by atoms with Crippen molar-refractivity contribution in [2.24, 2.45) is 0 Å². The highest BCUT2D eigenvalue weighted by molar-refractivity contribution is 5.94. The molecule has 0 bridgehead atoms. The number of benzene rings is 1. The quantitative estimate of drug-likeness (QED) is 0.594. The topological polar surface area (TPSA) is 20.3 Å². The largest absolute Gasteiger partial charge is 0.339 e. The molecule has 0 spiro atoms. The van der Waals surface area contributed by atoms with E-state index < -0.39 is 0 Å². The Bertz CT molecular complexity index is 456. The van der Waals surface area contributed by atoms with Crippen LogP contribution < -0.4 is 0 Å². The Morgan fingerprint density at radius 1 is 1.10 bits per heavy atom. The van der Waals surface area contributed by atoms with E-state index in [-0.39, 0.29) is 5.91 Å². The normalized spacial score (nSPS) is 17.6. The van der Waals surface area contributed by atoms with Gasteiger partial charge < -0.3 is 4.90 Å². The summed E-state index contributed by atoms with van der Waals surface area (Å²) in [6, 6.07) is 10.5. The molecule has 0 unspecified atom stereocenters. The summed E-state index contributed by atoms with van der Waals surface area (Å²) < 4.78 is 0. The van der Waals surface area contributed by atoms with Gasteiger partial charge in [-0.3, -0.25) is 4.79 Å². The summed E-state index contributed by atoms with van der Waals surface area (Å²) in [6.07, 6.45) is 9.23. The molecular formula is C18H25NO. The zero-order valence-corrected chi connectivity index (χ0v) is 12.6. The van der Waals surface area contributed by atoms with Gasteiger partial charge in [-0.25, -0.2) is 0 Å². The molecule has 1 aliphatic carbocycles. The van der Waals surface area contributed by atoms with Crippen molar-refractivity contribution in [3.05, 3.63) is 42.0 Å². The lowest BCUT2D eigenvalue weighted by Crippen LogP contribution is -2.35. The van der Waals surface area contributed by atoms with Crippen molar-refractivity contribution in [2.75, 3.05) is 7.05 Å². The first-order valence-corrected chi connectivity index (χ1v) is 7.69. The first-order valence-electron chi connectivity index (χ1n) is 7.69. The minimum atomic E-state index is 0.137. The highest BCUT2D eigenvalue weighted by Gasteiger charge is 2.19. The van der Waals surface area contributed by atoms with E-state index in [1.165, 1.54) is 25.7 Å². The molecule has 1 amide bonds. The van der Waals surface area contributed by atoms with Gasteiger partial charge in [0.25, 0.3) is 0 Å². The monoisotopic (exact) mass is 271 g/mol. The molecule has 2 nitrogen and oxygen atoms in total. The van der Waals surface area contributed by atoms with Crippen LogP contribution in [0.15, 0.2) is 36.4 Å². The second-order valence-electron chi connectivity index (χ2n) is 5.79. The zero-order valence-electron chi connectivity index (χ0n) is 12.6. The summed E-state index contributed by atoms with van der Waals surface area (Å²) in [6.45, 7) is 2.01. The maximum Gasteiger partial charge on any atom is 0.246 e. The summed E-state index contributed by atoms with van der Waals surface area (Å²) in [5.41, 5.74) is 2.16. The number of carbonyl (C=O) groups excluding carboxylic acids is 1. The van der Waals surface area contributed by atoms with Crippen LogP contribution in [0.25, 0.3) is 5.57 Å². The average Bonchev–Trinajstić information content (AvgIpc) is 2.76. The fourth-order valence-corrected chi connectivity index (χ4v) is 2.90. The van der Waals surface area contributed by atoms with Gasteiger partial charge >= 0.3 is 0 Å². The summed E-state index contributed by atoms with van der Waals surface area (Å²) in [5, 5.41) is 0. The molecular weight excluding hydrogens is 246 g/mol. The van der Waals surface area contributed by atoms with Crippen LogP contribution in [-0.2, 0) is 4.79 Å². The molecule has 0 radical (unpaired) electrons. The first kappa shape index (κ1) is 14.8. The van der Waals surface area contributed by atoms with E-state index in [4.69, 9.17) is 0 Å². The highest BCUT2D eigenvalue weighted by atomic mass is 16.2. The number of allylic oxidation sites excluding steroid dienone is 1. The van der Waals surface area contributed by atoms with E-state index in [1.807, 2.05) is 49.2 Å². The van der Waals surface area contributed by atoms with Crippen LogP contribution in [0, 0.1) is 0 Å². The molecule has 20 heavy (non-hydrogen) atoms. The second kappa shape index (κ2) is 7.28. The predicted molar refractivity (Wildman–Crippen MR) is 84.4 cm³/mol. The van der Waals surface area contributed by atoms with Crippen molar-refractivity contribution < 1.29 is 4.79 Å². The number of rotatable bonds is 3. The molecule has 0 atom stereocenters. The lowest BCUT2D eigenvalue weighted by atomic mass is 10.1. The number of nitrogens with zero attached hydrogens (tertiary/aromatic N) is 1. The molecule has 108 valence electrons. The van der Waals surface area contributed by atoms with Gasteiger partial charge in [0.05, 0.1) is 0 Å². The standard InChI is InChI=1S/C18H25NO/c1-15(16-10-6-5-7-11-16)14-18(20)19(2)17-12-8-3-4-9-13-17/h5-7,10-11,14,17H,3-4,8-9,12-13H2,1-2H3/b15-14-. The number of likely N-dealkylation sites (N-methyl/N-ethyl adjacent to an activating group) is 1. The summed E-state index contributed by atoms with van der Waals surface area (Å²) >= 11 is 0. The molecule has 0 heterocycles. The van der Waals surface area contributed by atoms with Crippen LogP contribution in [-0.4, -0.2) is 23.9 Å². The molecule has 0 aromatic heterocycles. The molecule has 1 saturated carbocycles. The van der Waals surface area contributed by atoms with Crippen LogP contribution in [0.5, 0.6) is 0 Å². The fraction of sp³-hybridized carbons (Fsp3) is 0.500. The van der Waals surface area contributed by atoms with Gasteiger partial charge in [0, 0.05) is 19.2 Å². The molecule has 2 heteroatoms. The van der Waals surface area contributed by atoms with E-state index in [9.17, 15) is 4.79 Å². The molecule has 0 N–H and O–H groups in total. The maximum absolute atomic E-state index is 12.4. The van der Waals surface area contributed by atoms with E-state index in [0.717, 1.165) is 24.0 Å². The van der Waals surface area contributed by atoms with E-state index in [0.29, 0.717) is 6.04 Å². The number of carbonyl (C=O) groups is 1. The maximum atomic E-state index is 12.4. The van der Waals surface area contributed by atoms with Crippen LogP contribution in [0.2, 0.25) is 0 Å². The Hall–Kier alpha value is -1.57. The van der Waals surface area contributed by atoms with Crippen molar-refractivity contribution in [1.29, 1.82) is 0 Å². The molecule has 1 aromatic rings. The summed E-state index contributed by atoms with van der Waals surface area (Å²) in [4.78, 5) is 14.3. The Morgan fingerprint density at radius 2 is 1.70 bits per heavy atom. The van der Waals surface area contributed by atoms with Crippen LogP contribution in [0.3, 0.4) is 0 Å². The van der Waals surface area contributed by atoms with Gasteiger partial charge in [0.2, 0.25) is 5.91 Å². The number of hydrogen-bond acceptors (Lipinski definition) is 1. The van der Waals surface area contributed by atoms with Crippen molar-refractivity contribution in [1.82, 2.24) is 4.90 Å². The van der Waals surface area contributed by atoms with Gasteiger partial charge in [-0.1, -0.05) is 56.0 Å². The third-order valence-corrected chi connectivity index (χ3v) is 4.29. The summed E-state index contributed by atoms with van der Waals surface area (Å²) in [5.74, 6) is 0.137. The lowest BCUT2D eigenvalue weighted by Gasteiger charge is -2.26. The van der Waals surface area contributed by atoms with Gasteiger partial charge in [0.15, 0.2) is 0 Å². The number of amides is 1. The highest BCUT2D eigenvalue weighted by Crippen LogP contribution is 2.22. The predicted octanol–water partition coefficient (Wildman–Crippen LogP) is 4.27. The Morgan fingerprint density at radius 3 is 2.30 bits per heavy atom. The summed E-state index contributed by atoms with van der Waals surface area (Å²) in [7, 11) is 1.95. The molecule has 0 saturated heterocycles. The minimum absolute atomic E-state index is 0.137. The van der Waals surface area contributed by atoms with E-state index in [1.54, 1.807) is 6.08 Å². The molecule has 0 aliphatic heterocycles. The second-order valence-corrected chi connectivity index (χ2v) is 5.79. The van der Waals surface area contributed by atoms with Gasteiger partial charge in [-0.15, -0.1) is 0 Å². The molecule has 2 rings (SSSR count). The van der Waals surface area contributed by atoms with E-state index >= 15 is 0 Å². The SMILES string of the molecule is C/C(=C/C(=O)N(C)C1CCCCCC1)c1ccccc1. The van der Waals surface area contributed by atoms with Crippen molar-refractivity contribution in [3.8, 4) is 0 Å². The lowest BCUT2D eigenvalue weighted by molar-refractivity contribution is -0.126. The third-order valence-electron chi connectivity index (χ3n) is 4.29. The van der Waals surface area contributed by atoms with Gasteiger partial charge in [0.1, 0.15) is 0 Å². The Kier molecular flexibility index (Phi) is 5.40. The Labute approximate surface area is 122 Å². The number of hydrogen-bond donors (Lipinski definition) is 0. The van der Waals surface area contributed by atoms with Crippen LogP contribution in [0.4, 0.5) is 0 Å². The Balaban J connectivity index is 2.03. The molecule has 1 fully saturated rings.